The van der Waals surface area contributed by atoms with Crippen LogP contribution in [0.4, 0.5) is 19.0 Å². The molecule has 31 heavy (non-hydrogen) atoms. The lowest BCUT2D eigenvalue weighted by Gasteiger charge is -2.09. The lowest BCUT2D eigenvalue weighted by Crippen LogP contribution is -2.05. The summed E-state index contributed by atoms with van der Waals surface area (Å²) < 4.78 is 42.0. The third-order valence-electron chi connectivity index (χ3n) is 4.05. The smallest absolute Gasteiger partial charge is 0.364 e. The zero-order valence-electron chi connectivity index (χ0n) is 16.0. The Bertz CT molecular complexity index is 1170. The normalized spacial score (nSPS) is 11.5. The molecule has 4 aromatic heterocycles. The van der Waals surface area contributed by atoms with Crippen LogP contribution in [-0.2, 0) is 12.7 Å². The summed E-state index contributed by atoms with van der Waals surface area (Å²) in [4.78, 5) is 20.6. The van der Waals surface area contributed by atoms with Gasteiger partial charge in [0.1, 0.15) is 5.82 Å². The highest BCUT2D eigenvalue weighted by molar-refractivity contribution is 7.98. The first kappa shape index (κ1) is 20.7. The topological polar surface area (TPSA) is 103 Å². The second-order valence-electron chi connectivity index (χ2n) is 6.18. The van der Waals surface area contributed by atoms with E-state index in [1.165, 1.54) is 18.0 Å². The van der Waals surface area contributed by atoms with Crippen LogP contribution < -0.4 is 5.32 Å². The number of thioether (sulfide) groups is 1. The average Bonchev–Trinajstić information content (AvgIpc) is 3.29. The van der Waals surface area contributed by atoms with Crippen molar-refractivity contribution in [2.45, 2.75) is 17.9 Å². The molecule has 4 rings (SSSR count). The Kier molecular flexibility index (Phi) is 5.80. The van der Waals surface area contributed by atoms with Crippen LogP contribution in [0.25, 0.3) is 22.6 Å². The van der Waals surface area contributed by atoms with E-state index in [1.807, 2.05) is 24.5 Å². The van der Waals surface area contributed by atoms with Crippen molar-refractivity contribution in [3.8, 4) is 22.6 Å². The van der Waals surface area contributed by atoms with Gasteiger partial charge in [0, 0.05) is 35.8 Å². The summed E-state index contributed by atoms with van der Waals surface area (Å²) in [5, 5.41) is 7.13. The fraction of sp³-hybridized carbons (Fsp3) is 0.158. The quantitative estimate of drug-likeness (QED) is 0.343. The molecule has 0 saturated heterocycles. The standard InChI is InChI=1S/C19H14F3N7OS/c1-31-18-26-14(11-3-2-6-23-8-11)7-15(27-18)25-10-13-5-4-12(9-24-13)16-28-17(30-29-16)19(20,21)22/h2-9H,10H2,1H3,(H,25,26,27). The first-order chi connectivity index (χ1) is 14.9. The minimum Gasteiger partial charge on any atom is -0.364 e. The number of aromatic nitrogens is 6. The molecule has 0 unspecified atom stereocenters. The van der Waals surface area contributed by atoms with E-state index >= 15 is 0 Å². The van der Waals surface area contributed by atoms with Crippen LogP contribution in [0.2, 0.25) is 0 Å². The highest BCUT2D eigenvalue weighted by Crippen LogP contribution is 2.29. The van der Waals surface area contributed by atoms with E-state index < -0.39 is 12.1 Å². The van der Waals surface area contributed by atoms with E-state index in [0.717, 1.165) is 11.3 Å². The molecule has 4 heterocycles. The Labute approximate surface area is 178 Å². The van der Waals surface area contributed by atoms with Gasteiger partial charge in [-0.15, -0.1) is 0 Å². The monoisotopic (exact) mass is 445 g/mol. The number of nitrogens with one attached hydrogen (secondary N) is 1. The molecule has 0 amide bonds. The fourth-order valence-corrected chi connectivity index (χ4v) is 2.95. The molecule has 0 aliphatic carbocycles. The van der Waals surface area contributed by atoms with Gasteiger partial charge in [-0.25, -0.2) is 9.97 Å². The molecule has 12 heteroatoms. The van der Waals surface area contributed by atoms with Crippen LogP contribution in [0.1, 0.15) is 11.6 Å². The van der Waals surface area contributed by atoms with E-state index in [2.05, 4.69) is 39.9 Å². The van der Waals surface area contributed by atoms with Crippen molar-refractivity contribution in [2.75, 3.05) is 11.6 Å². The van der Waals surface area contributed by atoms with Gasteiger partial charge in [-0.2, -0.15) is 18.2 Å². The summed E-state index contributed by atoms with van der Waals surface area (Å²) in [6, 6.07) is 8.78. The van der Waals surface area contributed by atoms with Crippen molar-refractivity contribution in [1.29, 1.82) is 0 Å². The molecule has 0 atom stereocenters. The van der Waals surface area contributed by atoms with Crippen molar-refractivity contribution < 1.29 is 17.7 Å². The molecule has 0 aromatic carbocycles. The zero-order valence-corrected chi connectivity index (χ0v) is 16.8. The van der Waals surface area contributed by atoms with Gasteiger partial charge in [0.15, 0.2) is 5.16 Å². The number of hydrogen-bond acceptors (Lipinski definition) is 9. The summed E-state index contributed by atoms with van der Waals surface area (Å²) in [6.45, 7) is 0.345. The van der Waals surface area contributed by atoms with Gasteiger partial charge in [-0.05, 0) is 30.5 Å². The molecule has 4 aromatic rings. The number of rotatable bonds is 6. The molecule has 0 spiro atoms. The Morgan fingerprint density at radius 1 is 1.06 bits per heavy atom. The molecule has 8 nitrogen and oxygen atoms in total. The number of halogens is 3. The molecule has 158 valence electrons. The van der Waals surface area contributed by atoms with Crippen molar-refractivity contribution in [3.63, 3.8) is 0 Å². The second-order valence-corrected chi connectivity index (χ2v) is 6.95. The molecular formula is C19H14F3N7OS. The molecule has 0 saturated carbocycles. The number of pyridine rings is 2. The van der Waals surface area contributed by atoms with E-state index in [-0.39, 0.29) is 5.82 Å². The van der Waals surface area contributed by atoms with Gasteiger partial charge in [0.05, 0.1) is 17.9 Å². The Hall–Kier alpha value is -3.54. The third-order valence-corrected chi connectivity index (χ3v) is 4.60. The molecular weight excluding hydrogens is 431 g/mol. The molecule has 0 aliphatic rings. The van der Waals surface area contributed by atoms with Crippen LogP contribution in [0.5, 0.6) is 0 Å². The first-order valence-electron chi connectivity index (χ1n) is 8.86. The summed E-state index contributed by atoms with van der Waals surface area (Å²) in [7, 11) is 0. The maximum Gasteiger partial charge on any atom is 0.471 e. The van der Waals surface area contributed by atoms with E-state index in [9.17, 15) is 13.2 Å². The number of hydrogen-bond donors (Lipinski definition) is 1. The Balaban J connectivity index is 1.48. The second kappa shape index (κ2) is 8.68. The van der Waals surface area contributed by atoms with Gasteiger partial charge in [-0.1, -0.05) is 16.9 Å². The fourth-order valence-electron chi connectivity index (χ4n) is 2.57. The Morgan fingerprint density at radius 2 is 1.94 bits per heavy atom. The lowest BCUT2D eigenvalue weighted by atomic mass is 10.2. The van der Waals surface area contributed by atoms with Crippen LogP contribution >= 0.6 is 11.8 Å². The number of anilines is 1. The first-order valence-corrected chi connectivity index (χ1v) is 10.1. The molecule has 0 radical (unpaired) electrons. The van der Waals surface area contributed by atoms with Gasteiger partial charge >= 0.3 is 12.1 Å². The van der Waals surface area contributed by atoms with E-state index in [4.69, 9.17) is 0 Å². The van der Waals surface area contributed by atoms with Gasteiger partial charge in [0.2, 0.25) is 5.82 Å². The van der Waals surface area contributed by atoms with Gasteiger partial charge < -0.3 is 9.84 Å². The highest BCUT2D eigenvalue weighted by atomic mass is 32.2. The maximum absolute atomic E-state index is 12.6. The zero-order chi connectivity index (χ0) is 21.8. The predicted molar refractivity (Wildman–Crippen MR) is 107 cm³/mol. The van der Waals surface area contributed by atoms with E-state index in [0.29, 0.717) is 28.8 Å². The summed E-state index contributed by atoms with van der Waals surface area (Å²) in [5.41, 5.74) is 2.56. The number of nitrogens with zero attached hydrogens (tertiary/aromatic N) is 6. The van der Waals surface area contributed by atoms with Crippen LogP contribution in [0.3, 0.4) is 0 Å². The third kappa shape index (κ3) is 4.97. The van der Waals surface area contributed by atoms with Crippen LogP contribution in [-0.4, -0.2) is 36.3 Å². The minimum atomic E-state index is -4.69. The van der Waals surface area contributed by atoms with Crippen molar-refractivity contribution in [3.05, 3.63) is 60.5 Å². The van der Waals surface area contributed by atoms with Gasteiger partial charge in [0.25, 0.3) is 0 Å². The number of alkyl halides is 3. The van der Waals surface area contributed by atoms with Crippen LogP contribution in [0, 0.1) is 0 Å². The molecule has 0 bridgehead atoms. The van der Waals surface area contributed by atoms with Crippen LogP contribution in [0.15, 0.2) is 58.6 Å². The largest absolute Gasteiger partial charge is 0.471 e. The van der Waals surface area contributed by atoms with E-state index in [1.54, 1.807) is 24.5 Å². The molecule has 1 N–H and O–H groups in total. The van der Waals surface area contributed by atoms with Crippen molar-refractivity contribution in [1.82, 2.24) is 30.1 Å². The maximum atomic E-state index is 12.6. The summed E-state index contributed by atoms with van der Waals surface area (Å²) >= 11 is 1.42. The summed E-state index contributed by atoms with van der Waals surface area (Å²) in [6.07, 6.45) is 1.99. The highest BCUT2D eigenvalue weighted by Gasteiger charge is 2.38. The molecule has 0 aliphatic heterocycles. The van der Waals surface area contributed by atoms with Crippen molar-refractivity contribution in [2.24, 2.45) is 0 Å². The summed E-state index contributed by atoms with van der Waals surface area (Å²) in [5.74, 6) is -0.969. The predicted octanol–water partition coefficient (Wildman–Crippen LogP) is 4.34. The SMILES string of the molecule is CSc1nc(NCc2ccc(-c3noc(C(F)(F)F)n3)cn2)cc(-c2cccnc2)n1. The lowest BCUT2D eigenvalue weighted by molar-refractivity contribution is -0.159. The van der Waals surface area contributed by atoms with Crippen molar-refractivity contribution >= 4 is 17.6 Å². The average molecular weight is 445 g/mol. The minimum absolute atomic E-state index is 0.180. The Morgan fingerprint density at radius 3 is 2.58 bits per heavy atom. The van der Waals surface area contributed by atoms with Gasteiger partial charge in [-0.3, -0.25) is 9.97 Å². The molecule has 0 fully saturated rings.